The Morgan fingerprint density at radius 1 is 1.28 bits per heavy atom. The van der Waals surface area contributed by atoms with Crippen molar-refractivity contribution in [1.29, 1.82) is 0 Å². The summed E-state index contributed by atoms with van der Waals surface area (Å²) in [7, 11) is 0. The van der Waals surface area contributed by atoms with Crippen LogP contribution in [0.2, 0.25) is 0 Å². The summed E-state index contributed by atoms with van der Waals surface area (Å²) in [6, 6.07) is 6.48. The van der Waals surface area contributed by atoms with Crippen LogP contribution >= 0.6 is 0 Å². The molecule has 18 heavy (non-hydrogen) atoms. The second kappa shape index (κ2) is 6.79. The fourth-order valence-electron chi connectivity index (χ4n) is 1.88. The van der Waals surface area contributed by atoms with E-state index < -0.39 is 17.9 Å². The fraction of sp³-hybridized carbons (Fsp3) is 0.429. The maximum atomic E-state index is 11.1. The molecule has 0 aliphatic carbocycles. The summed E-state index contributed by atoms with van der Waals surface area (Å²) >= 11 is 0. The Morgan fingerprint density at radius 3 is 2.56 bits per heavy atom. The molecule has 2 N–H and O–H groups in total. The van der Waals surface area contributed by atoms with Crippen LogP contribution in [0.15, 0.2) is 24.3 Å². The lowest BCUT2D eigenvalue weighted by molar-refractivity contribution is -0.142. The first-order chi connectivity index (χ1) is 8.54. The molecule has 0 aliphatic rings. The first-order valence-corrected chi connectivity index (χ1v) is 6.09. The molecule has 98 valence electrons. The molecule has 0 heterocycles. The molecule has 1 aromatic carbocycles. The quantitative estimate of drug-likeness (QED) is 0.780. The molecule has 0 aromatic heterocycles. The van der Waals surface area contributed by atoms with Gasteiger partial charge < -0.3 is 10.2 Å². The minimum Gasteiger partial charge on any atom is -0.481 e. The van der Waals surface area contributed by atoms with E-state index in [1.54, 1.807) is 18.2 Å². The number of rotatable bonds is 7. The topological polar surface area (TPSA) is 74.6 Å². The Morgan fingerprint density at radius 2 is 2.00 bits per heavy atom. The van der Waals surface area contributed by atoms with Crippen LogP contribution in [0.1, 0.15) is 42.1 Å². The molecule has 0 saturated heterocycles. The Bertz CT molecular complexity index is 426. The van der Waals surface area contributed by atoms with Gasteiger partial charge >= 0.3 is 11.9 Å². The summed E-state index contributed by atoms with van der Waals surface area (Å²) < 4.78 is 0. The van der Waals surface area contributed by atoms with Crippen molar-refractivity contribution in [1.82, 2.24) is 0 Å². The average molecular weight is 250 g/mol. The van der Waals surface area contributed by atoms with E-state index in [1.807, 2.05) is 6.92 Å². The van der Waals surface area contributed by atoms with Crippen LogP contribution in [-0.4, -0.2) is 22.2 Å². The largest absolute Gasteiger partial charge is 0.481 e. The minimum absolute atomic E-state index is 0.201. The van der Waals surface area contributed by atoms with Crippen molar-refractivity contribution in [3.63, 3.8) is 0 Å². The number of hydrogen-bond acceptors (Lipinski definition) is 2. The van der Waals surface area contributed by atoms with Gasteiger partial charge in [0.1, 0.15) is 0 Å². The van der Waals surface area contributed by atoms with Crippen LogP contribution in [0.5, 0.6) is 0 Å². The summed E-state index contributed by atoms with van der Waals surface area (Å²) in [5.74, 6) is -2.24. The SMILES string of the molecule is CCCCC(Cc1cccc(C(=O)O)c1)C(=O)O. The van der Waals surface area contributed by atoms with Gasteiger partial charge in [0.25, 0.3) is 0 Å². The summed E-state index contributed by atoms with van der Waals surface area (Å²) in [4.78, 5) is 21.9. The van der Waals surface area contributed by atoms with Gasteiger partial charge in [0.15, 0.2) is 0 Å². The number of benzene rings is 1. The number of carboxylic acids is 2. The van der Waals surface area contributed by atoms with Crippen LogP contribution in [-0.2, 0) is 11.2 Å². The van der Waals surface area contributed by atoms with Gasteiger partial charge in [0, 0.05) is 0 Å². The van der Waals surface area contributed by atoms with E-state index in [2.05, 4.69) is 0 Å². The second-order valence-electron chi connectivity index (χ2n) is 4.39. The van der Waals surface area contributed by atoms with E-state index in [0.29, 0.717) is 12.8 Å². The highest BCUT2D eigenvalue weighted by atomic mass is 16.4. The molecular formula is C14H18O4. The average Bonchev–Trinajstić information content (AvgIpc) is 2.34. The van der Waals surface area contributed by atoms with Gasteiger partial charge in [-0.2, -0.15) is 0 Å². The zero-order valence-corrected chi connectivity index (χ0v) is 10.4. The van der Waals surface area contributed by atoms with Crippen molar-refractivity contribution in [2.45, 2.75) is 32.6 Å². The Kier molecular flexibility index (Phi) is 5.36. The molecule has 0 fully saturated rings. The molecule has 0 bridgehead atoms. The highest BCUT2D eigenvalue weighted by molar-refractivity contribution is 5.87. The second-order valence-corrected chi connectivity index (χ2v) is 4.39. The van der Waals surface area contributed by atoms with Crippen LogP contribution in [0.4, 0.5) is 0 Å². The van der Waals surface area contributed by atoms with Gasteiger partial charge in [-0.1, -0.05) is 31.9 Å². The molecule has 4 nitrogen and oxygen atoms in total. The number of hydrogen-bond donors (Lipinski definition) is 2. The highest BCUT2D eigenvalue weighted by Crippen LogP contribution is 2.17. The number of carbonyl (C=O) groups is 2. The maximum absolute atomic E-state index is 11.1. The van der Waals surface area contributed by atoms with Crippen LogP contribution in [0, 0.1) is 5.92 Å². The number of carboxylic acid groups (broad SMARTS) is 2. The molecule has 0 amide bonds. The normalized spacial score (nSPS) is 12.1. The maximum Gasteiger partial charge on any atom is 0.335 e. The highest BCUT2D eigenvalue weighted by Gasteiger charge is 2.17. The van der Waals surface area contributed by atoms with E-state index in [4.69, 9.17) is 10.2 Å². The molecular weight excluding hydrogens is 232 g/mol. The van der Waals surface area contributed by atoms with Crippen molar-refractivity contribution in [3.05, 3.63) is 35.4 Å². The summed E-state index contributed by atoms with van der Waals surface area (Å²) in [5, 5.41) is 18.0. The van der Waals surface area contributed by atoms with Crippen molar-refractivity contribution in [3.8, 4) is 0 Å². The molecule has 0 spiro atoms. The Labute approximate surface area is 106 Å². The predicted octanol–water partition coefficient (Wildman–Crippen LogP) is 2.82. The van der Waals surface area contributed by atoms with Crippen molar-refractivity contribution >= 4 is 11.9 Å². The van der Waals surface area contributed by atoms with E-state index in [-0.39, 0.29) is 5.56 Å². The molecule has 1 unspecified atom stereocenters. The van der Waals surface area contributed by atoms with Gasteiger partial charge in [0.05, 0.1) is 11.5 Å². The van der Waals surface area contributed by atoms with E-state index in [1.165, 1.54) is 6.07 Å². The number of aliphatic carboxylic acids is 1. The molecule has 0 saturated carbocycles. The summed E-state index contributed by atoms with van der Waals surface area (Å²) in [6.07, 6.45) is 2.84. The van der Waals surface area contributed by atoms with Gasteiger partial charge in [-0.15, -0.1) is 0 Å². The third kappa shape index (κ3) is 4.20. The molecule has 0 aliphatic heterocycles. The standard InChI is InChI=1S/C14H18O4/c1-2-3-6-11(13(15)16)8-10-5-4-7-12(9-10)14(17)18/h4-5,7,9,11H,2-3,6,8H2,1H3,(H,15,16)(H,17,18). The number of aromatic carboxylic acids is 1. The zero-order valence-electron chi connectivity index (χ0n) is 10.4. The zero-order chi connectivity index (χ0) is 13.5. The lowest BCUT2D eigenvalue weighted by Gasteiger charge is -2.12. The lowest BCUT2D eigenvalue weighted by atomic mass is 9.93. The third-order valence-electron chi connectivity index (χ3n) is 2.91. The van der Waals surface area contributed by atoms with Gasteiger partial charge in [-0.25, -0.2) is 4.79 Å². The lowest BCUT2D eigenvalue weighted by Crippen LogP contribution is -2.16. The van der Waals surface area contributed by atoms with Crippen LogP contribution < -0.4 is 0 Å². The van der Waals surface area contributed by atoms with E-state index >= 15 is 0 Å². The fourth-order valence-corrected chi connectivity index (χ4v) is 1.88. The Balaban J connectivity index is 2.77. The molecule has 1 rings (SSSR count). The third-order valence-corrected chi connectivity index (χ3v) is 2.91. The van der Waals surface area contributed by atoms with E-state index in [9.17, 15) is 9.59 Å². The first-order valence-electron chi connectivity index (χ1n) is 6.09. The molecule has 1 aromatic rings. The van der Waals surface area contributed by atoms with Crippen molar-refractivity contribution < 1.29 is 19.8 Å². The van der Waals surface area contributed by atoms with Crippen molar-refractivity contribution in [2.24, 2.45) is 5.92 Å². The predicted molar refractivity (Wildman–Crippen MR) is 67.8 cm³/mol. The first kappa shape index (κ1) is 14.2. The minimum atomic E-state index is -0.989. The van der Waals surface area contributed by atoms with Crippen LogP contribution in [0.3, 0.4) is 0 Å². The Hall–Kier alpha value is -1.84. The van der Waals surface area contributed by atoms with Gasteiger partial charge in [0.2, 0.25) is 0 Å². The molecule has 4 heteroatoms. The van der Waals surface area contributed by atoms with Crippen molar-refractivity contribution in [2.75, 3.05) is 0 Å². The van der Waals surface area contributed by atoms with E-state index in [0.717, 1.165) is 18.4 Å². The van der Waals surface area contributed by atoms with Crippen LogP contribution in [0.25, 0.3) is 0 Å². The smallest absolute Gasteiger partial charge is 0.335 e. The molecule has 0 radical (unpaired) electrons. The van der Waals surface area contributed by atoms with Gasteiger partial charge in [-0.3, -0.25) is 4.79 Å². The van der Waals surface area contributed by atoms with Gasteiger partial charge in [-0.05, 0) is 30.5 Å². The summed E-state index contributed by atoms with van der Waals surface area (Å²) in [5.41, 5.74) is 0.963. The number of unbranched alkanes of at least 4 members (excludes halogenated alkanes) is 1. The monoisotopic (exact) mass is 250 g/mol. The summed E-state index contributed by atoms with van der Waals surface area (Å²) in [6.45, 7) is 2.02. The molecule has 1 atom stereocenters.